The van der Waals surface area contributed by atoms with Gasteiger partial charge in [0.25, 0.3) is 0 Å². The van der Waals surface area contributed by atoms with E-state index >= 15 is 0 Å². The summed E-state index contributed by atoms with van der Waals surface area (Å²) >= 11 is 0. The Labute approximate surface area is 121 Å². The van der Waals surface area contributed by atoms with Crippen molar-refractivity contribution in [1.29, 1.82) is 0 Å². The second-order valence-electron chi connectivity index (χ2n) is 5.44. The molecule has 0 aliphatic heterocycles. The van der Waals surface area contributed by atoms with Gasteiger partial charge in [0.05, 0.1) is 6.10 Å². The summed E-state index contributed by atoms with van der Waals surface area (Å²) in [5, 5.41) is 9.30. The van der Waals surface area contributed by atoms with Crippen molar-refractivity contribution >= 4 is 0 Å². The average Bonchev–Trinajstić information content (AvgIpc) is 2.47. The highest BCUT2D eigenvalue weighted by Crippen LogP contribution is 2.19. The molecule has 106 valence electrons. The van der Waals surface area contributed by atoms with Gasteiger partial charge in [-0.15, -0.1) is 0 Å². The van der Waals surface area contributed by atoms with E-state index in [1.54, 1.807) is 0 Å². The molecule has 0 aliphatic carbocycles. The zero-order valence-electron chi connectivity index (χ0n) is 12.3. The molecular formula is C18H23NO. The van der Waals surface area contributed by atoms with Gasteiger partial charge in [0.15, 0.2) is 0 Å². The first-order valence-corrected chi connectivity index (χ1v) is 7.16. The molecule has 2 nitrogen and oxygen atoms in total. The molecule has 2 aromatic carbocycles. The first-order valence-electron chi connectivity index (χ1n) is 7.16. The van der Waals surface area contributed by atoms with Gasteiger partial charge < -0.3 is 10.0 Å². The van der Waals surface area contributed by atoms with Crippen LogP contribution in [0.15, 0.2) is 54.6 Å². The molecular weight excluding hydrogens is 246 g/mol. The Morgan fingerprint density at radius 2 is 1.55 bits per heavy atom. The van der Waals surface area contributed by atoms with Gasteiger partial charge in [-0.05, 0) is 37.1 Å². The average molecular weight is 269 g/mol. The summed E-state index contributed by atoms with van der Waals surface area (Å²) in [5.41, 5.74) is 3.81. The fourth-order valence-corrected chi connectivity index (χ4v) is 2.23. The fraction of sp³-hybridized carbons (Fsp3) is 0.333. The SMILES string of the molecule is CC(O)CCN(C)Cc1ccc(-c2ccccc2)cc1. The van der Waals surface area contributed by atoms with E-state index in [1.165, 1.54) is 16.7 Å². The molecule has 2 rings (SSSR count). The molecule has 0 saturated heterocycles. The third-order valence-electron chi connectivity index (χ3n) is 3.44. The molecule has 0 radical (unpaired) electrons. The molecule has 2 aromatic rings. The van der Waals surface area contributed by atoms with Crippen LogP contribution in [0.3, 0.4) is 0 Å². The largest absolute Gasteiger partial charge is 0.393 e. The summed E-state index contributed by atoms with van der Waals surface area (Å²) in [6.07, 6.45) is 0.594. The predicted molar refractivity (Wildman–Crippen MR) is 84.5 cm³/mol. The molecule has 2 heteroatoms. The second kappa shape index (κ2) is 7.22. The number of nitrogens with zero attached hydrogens (tertiary/aromatic N) is 1. The zero-order valence-corrected chi connectivity index (χ0v) is 12.3. The van der Waals surface area contributed by atoms with Crippen LogP contribution >= 0.6 is 0 Å². The van der Waals surface area contributed by atoms with Crippen LogP contribution in [0.25, 0.3) is 11.1 Å². The minimum absolute atomic E-state index is 0.224. The third kappa shape index (κ3) is 4.48. The number of benzene rings is 2. The minimum Gasteiger partial charge on any atom is -0.393 e. The van der Waals surface area contributed by atoms with Crippen LogP contribution in [0.1, 0.15) is 18.9 Å². The molecule has 0 aromatic heterocycles. The molecule has 0 bridgehead atoms. The van der Waals surface area contributed by atoms with Gasteiger partial charge in [-0.3, -0.25) is 0 Å². The van der Waals surface area contributed by atoms with Crippen molar-refractivity contribution < 1.29 is 5.11 Å². The maximum Gasteiger partial charge on any atom is 0.0524 e. The van der Waals surface area contributed by atoms with Crippen LogP contribution < -0.4 is 0 Å². The van der Waals surface area contributed by atoms with E-state index < -0.39 is 0 Å². The summed E-state index contributed by atoms with van der Waals surface area (Å²) in [4.78, 5) is 2.24. The van der Waals surface area contributed by atoms with Crippen molar-refractivity contribution in [2.75, 3.05) is 13.6 Å². The highest BCUT2D eigenvalue weighted by atomic mass is 16.3. The zero-order chi connectivity index (χ0) is 14.4. The predicted octanol–water partition coefficient (Wildman–Crippen LogP) is 3.56. The van der Waals surface area contributed by atoms with Gasteiger partial charge in [0.1, 0.15) is 0 Å². The lowest BCUT2D eigenvalue weighted by molar-refractivity contribution is 0.163. The van der Waals surface area contributed by atoms with E-state index in [0.717, 1.165) is 19.5 Å². The van der Waals surface area contributed by atoms with Gasteiger partial charge >= 0.3 is 0 Å². The highest BCUT2D eigenvalue weighted by molar-refractivity contribution is 5.63. The minimum atomic E-state index is -0.224. The number of aliphatic hydroxyl groups excluding tert-OH is 1. The number of aliphatic hydroxyl groups is 1. The van der Waals surface area contributed by atoms with Crippen molar-refractivity contribution in [1.82, 2.24) is 4.90 Å². The Bertz CT molecular complexity index is 505. The number of hydrogen-bond donors (Lipinski definition) is 1. The lowest BCUT2D eigenvalue weighted by atomic mass is 10.0. The van der Waals surface area contributed by atoms with Crippen LogP contribution in [0.2, 0.25) is 0 Å². The number of rotatable bonds is 6. The molecule has 1 N–H and O–H groups in total. The van der Waals surface area contributed by atoms with Crippen molar-refractivity contribution in [3.8, 4) is 11.1 Å². The van der Waals surface area contributed by atoms with Crippen molar-refractivity contribution in [2.45, 2.75) is 26.0 Å². The van der Waals surface area contributed by atoms with E-state index in [-0.39, 0.29) is 6.10 Å². The molecule has 1 atom stereocenters. The van der Waals surface area contributed by atoms with Gasteiger partial charge in [0, 0.05) is 13.1 Å². The van der Waals surface area contributed by atoms with E-state index in [0.29, 0.717) is 0 Å². The molecule has 0 heterocycles. The summed E-state index contributed by atoms with van der Waals surface area (Å²) in [5.74, 6) is 0. The van der Waals surface area contributed by atoms with Crippen LogP contribution in [0.5, 0.6) is 0 Å². The molecule has 0 saturated carbocycles. The lowest BCUT2D eigenvalue weighted by Crippen LogP contribution is -2.22. The van der Waals surface area contributed by atoms with E-state index in [9.17, 15) is 5.11 Å². The highest BCUT2D eigenvalue weighted by Gasteiger charge is 2.03. The van der Waals surface area contributed by atoms with Crippen LogP contribution in [-0.4, -0.2) is 29.7 Å². The Kier molecular flexibility index (Phi) is 5.33. The van der Waals surface area contributed by atoms with Crippen molar-refractivity contribution in [3.63, 3.8) is 0 Å². The van der Waals surface area contributed by atoms with Crippen molar-refractivity contribution in [2.24, 2.45) is 0 Å². The maximum atomic E-state index is 9.30. The second-order valence-corrected chi connectivity index (χ2v) is 5.44. The molecule has 0 aliphatic rings. The van der Waals surface area contributed by atoms with Crippen LogP contribution in [0, 0.1) is 0 Å². The Morgan fingerprint density at radius 3 is 2.15 bits per heavy atom. The van der Waals surface area contributed by atoms with E-state index in [1.807, 2.05) is 13.0 Å². The molecule has 0 spiro atoms. The molecule has 20 heavy (non-hydrogen) atoms. The van der Waals surface area contributed by atoms with Crippen LogP contribution in [-0.2, 0) is 6.54 Å². The quantitative estimate of drug-likeness (QED) is 0.867. The van der Waals surface area contributed by atoms with Crippen molar-refractivity contribution in [3.05, 3.63) is 60.2 Å². The van der Waals surface area contributed by atoms with Gasteiger partial charge in [-0.1, -0.05) is 54.6 Å². The lowest BCUT2D eigenvalue weighted by Gasteiger charge is -2.17. The summed E-state index contributed by atoms with van der Waals surface area (Å²) in [7, 11) is 2.09. The first-order chi connectivity index (χ1) is 9.65. The molecule has 1 unspecified atom stereocenters. The maximum absolute atomic E-state index is 9.30. The Balaban J connectivity index is 1.95. The van der Waals surface area contributed by atoms with Gasteiger partial charge in [-0.2, -0.15) is 0 Å². The topological polar surface area (TPSA) is 23.5 Å². The smallest absolute Gasteiger partial charge is 0.0524 e. The summed E-state index contributed by atoms with van der Waals surface area (Å²) in [6.45, 7) is 3.67. The summed E-state index contributed by atoms with van der Waals surface area (Å²) in [6, 6.07) is 19.1. The fourth-order valence-electron chi connectivity index (χ4n) is 2.23. The van der Waals surface area contributed by atoms with E-state index in [2.05, 4.69) is 60.5 Å². The molecule has 0 fully saturated rings. The standard InChI is InChI=1S/C18H23NO/c1-15(20)12-13-19(2)14-16-8-10-18(11-9-16)17-6-4-3-5-7-17/h3-11,15,20H,12-14H2,1-2H3. The first kappa shape index (κ1) is 14.8. The summed E-state index contributed by atoms with van der Waals surface area (Å²) < 4.78 is 0. The normalized spacial score (nSPS) is 12.6. The number of hydrogen-bond acceptors (Lipinski definition) is 2. The Morgan fingerprint density at radius 1 is 0.950 bits per heavy atom. The van der Waals surface area contributed by atoms with E-state index in [4.69, 9.17) is 0 Å². The van der Waals surface area contributed by atoms with Gasteiger partial charge in [-0.25, -0.2) is 0 Å². The third-order valence-corrected chi connectivity index (χ3v) is 3.44. The van der Waals surface area contributed by atoms with Gasteiger partial charge in [0.2, 0.25) is 0 Å². The monoisotopic (exact) mass is 269 g/mol. The molecule has 0 amide bonds. The van der Waals surface area contributed by atoms with Crippen LogP contribution in [0.4, 0.5) is 0 Å². The Hall–Kier alpha value is -1.64.